The lowest BCUT2D eigenvalue weighted by atomic mass is 10.1. The van der Waals surface area contributed by atoms with Gasteiger partial charge in [-0.25, -0.2) is 4.39 Å². The van der Waals surface area contributed by atoms with Gasteiger partial charge in [-0.3, -0.25) is 4.79 Å². The number of H-pyrrole nitrogens is 1. The number of nitrogens with two attached hydrogens (primary N) is 1. The number of aromatic nitrogens is 3. The highest BCUT2D eigenvalue weighted by molar-refractivity contribution is 6.31. The van der Waals surface area contributed by atoms with Crippen LogP contribution in [0, 0.1) is 5.82 Å². The summed E-state index contributed by atoms with van der Waals surface area (Å²) >= 11 is 5.95. The third-order valence-corrected chi connectivity index (χ3v) is 3.67. The van der Waals surface area contributed by atoms with Gasteiger partial charge in [-0.05, 0) is 36.4 Å². The van der Waals surface area contributed by atoms with E-state index in [-0.39, 0.29) is 12.3 Å². The van der Waals surface area contributed by atoms with Crippen LogP contribution < -0.4 is 10.5 Å². The van der Waals surface area contributed by atoms with E-state index in [9.17, 15) is 9.18 Å². The molecule has 0 bridgehead atoms. The second-order valence-electron chi connectivity index (χ2n) is 4.93. The number of nitrogens with zero attached hydrogens (tertiary/aromatic N) is 2. The molecule has 0 aliphatic carbocycles. The minimum Gasteiger partial charge on any atom is -0.489 e. The average Bonchev–Trinajstić information content (AvgIpc) is 3.04. The molecule has 3 aromatic rings. The fourth-order valence-corrected chi connectivity index (χ4v) is 2.33. The summed E-state index contributed by atoms with van der Waals surface area (Å²) < 4.78 is 18.6. The Morgan fingerprint density at radius 2 is 1.96 bits per heavy atom. The maximum absolute atomic E-state index is 13.0. The molecule has 24 heavy (non-hydrogen) atoms. The van der Waals surface area contributed by atoms with E-state index in [2.05, 4.69) is 15.4 Å². The molecule has 0 fully saturated rings. The smallest absolute Gasteiger partial charge is 0.271 e. The number of primary amides is 1. The number of hydrogen-bond donors (Lipinski definition) is 2. The van der Waals surface area contributed by atoms with Crippen molar-refractivity contribution in [1.82, 2.24) is 15.4 Å². The summed E-state index contributed by atoms with van der Waals surface area (Å²) in [6.45, 7) is 0.203. The van der Waals surface area contributed by atoms with Crippen molar-refractivity contribution in [2.75, 3.05) is 0 Å². The van der Waals surface area contributed by atoms with E-state index in [1.807, 2.05) is 0 Å². The summed E-state index contributed by atoms with van der Waals surface area (Å²) in [6, 6.07) is 11.0. The zero-order valence-electron chi connectivity index (χ0n) is 12.3. The summed E-state index contributed by atoms with van der Waals surface area (Å²) in [5, 5.41) is 10.3. The van der Waals surface area contributed by atoms with Crippen LogP contribution in [0.4, 0.5) is 4.39 Å². The van der Waals surface area contributed by atoms with E-state index in [0.29, 0.717) is 27.6 Å². The number of carbonyl (C=O) groups is 1. The Morgan fingerprint density at radius 1 is 1.21 bits per heavy atom. The first-order valence-electron chi connectivity index (χ1n) is 6.92. The number of rotatable bonds is 5. The van der Waals surface area contributed by atoms with Crippen LogP contribution in [-0.2, 0) is 6.61 Å². The Morgan fingerprint density at radius 3 is 2.62 bits per heavy atom. The molecule has 3 N–H and O–H groups in total. The highest BCUT2D eigenvalue weighted by Gasteiger charge is 2.15. The van der Waals surface area contributed by atoms with Crippen LogP contribution in [0.2, 0.25) is 5.02 Å². The van der Waals surface area contributed by atoms with E-state index in [1.54, 1.807) is 30.3 Å². The Kier molecular flexibility index (Phi) is 4.43. The van der Waals surface area contributed by atoms with Crippen LogP contribution in [0.1, 0.15) is 16.1 Å². The second kappa shape index (κ2) is 6.67. The topological polar surface area (TPSA) is 93.9 Å². The van der Waals surface area contributed by atoms with Crippen LogP contribution >= 0.6 is 11.6 Å². The highest BCUT2D eigenvalue weighted by Crippen LogP contribution is 2.24. The van der Waals surface area contributed by atoms with Crippen LogP contribution in [0.5, 0.6) is 5.75 Å². The zero-order valence-corrected chi connectivity index (χ0v) is 13.0. The lowest BCUT2D eigenvalue weighted by molar-refractivity contribution is 0.0996. The molecular formula is C16H12ClFN4O2. The Bertz CT molecular complexity index is 880. The number of halogens is 2. The third kappa shape index (κ3) is 3.36. The molecule has 0 aliphatic rings. The van der Waals surface area contributed by atoms with Crippen molar-refractivity contribution in [3.8, 4) is 17.0 Å². The molecule has 0 radical (unpaired) electrons. The number of hydrogen-bond acceptors (Lipinski definition) is 4. The average molecular weight is 347 g/mol. The predicted molar refractivity (Wildman–Crippen MR) is 86.1 cm³/mol. The normalized spacial score (nSPS) is 10.6. The Hall–Kier alpha value is -2.93. The number of amides is 1. The van der Waals surface area contributed by atoms with Crippen LogP contribution in [0.3, 0.4) is 0 Å². The van der Waals surface area contributed by atoms with Gasteiger partial charge < -0.3 is 10.5 Å². The van der Waals surface area contributed by atoms with Crippen LogP contribution in [0.25, 0.3) is 11.3 Å². The van der Waals surface area contributed by atoms with Crippen molar-refractivity contribution in [3.63, 3.8) is 0 Å². The summed E-state index contributed by atoms with van der Waals surface area (Å²) in [5.74, 6) is -0.473. The zero-order chi connectivity index (χ0) is 17.1. The summed E-state index contributed by atoms with van der Waals surface area (Å²) in [6.07, 6.45) is 0. The number of carbonyl (C=O) groups excluding carboxylic acids is 1. The fourth-order valence-electron chi connectivity index (χ4n) is 2.11. The van der Waals surface area contributed by atoms with Gasteiger partial charge in [-0.1, -0.05) is 17.7 Å². The van der Waals surface area contributed by atoms with E-state index in [1.165, 1.54) is 12.1 Å². The standard InChI is InChI=1S/C16H12ClFN4O2/c17-13-7-11(18)4-1-10(13)8-24-12-5-2-9(3-6-12)14-15(16(19)23)21-22-20-14/h1-7H,8H2,(H2,19,23)(H,20,21,22). The molecule has 0 aliphatic heterocycles. The van der Waals surface area contributed by atoms with Gasteiger partial charge >= 0.3 is 0 Å². The van der Waals surface area contributed by atoms with E-state index in [0.717, 1.165) is 0 Å². The number of ether oxygens (including phenoxy) is 1. The molecular weight excluding hydrogens is 335 g/mol. The minimum atomic E-state index is -0.662. The number of nitrogens with one attached hydrogen (secondary N) is 1. The summed E-state index contributed by atoms with van der Waals surface area (Å²) in [4.78, 5) is 11.3. The third-order valence-electron chi connectivity index (χ3n) is 3.32. The van der Waals surface area contributed by atoms with Crippen molar-refractivity contribution in [2.45, 2.75) is 6.61 Å². The summed E-state index contributed by atoms with van der Waals surface area (Å²) in [7, 11) is 0. The number of benzene rings is 2. The van der Waals surface area contributed by atoms with Crippen molar-refractivity contribution >= 4 is 17.5 Å². The SMILES string of the molecule is NC(=O)c1n[nH]nc1-c1ccc(OCc2ccc(F)cc2Cl)cc1. The molecule has 0 saturated heterocycles. The number of aromatic amines is 1. The predicted octanol–water partition coefficient (Wildman–Crippen LogP) is 2.94. The molecule has 0 unspecified atom stereocenters. The maximum Gasteiger partial charge on any atom is 0.271 e. The molecule has 3 rings (SSSR count). The van der Waals surface area contributed by atoms with E-state index in [4.69, 9.17) is 22.1 Å². The van der Waals surface area contributed by atoms with Gasteiger partial charge in [0.2, 0.25) is 0 Å². The van der Waals surface area contributed by atoms with Crippen LogP contribution in [0.15, 0.2) is 42.5 Å². The van der Waals surface area contributed by atoms with Gasteiger partial charge in [0.05, 0.1) is 5.02 Å². The molecule has 8 heteroatoms. The molecule has 122 valence electrons. The van der Waals surface area contributed by atoms with Gasteiger partial charge in [0, 0.05) is 11.1 Å². The largest absolute Gasteiger partial charge is 0.489 e. The first kappa shape index (κ1) is 15.9. The van der Waals surface area contributed by atoms with E-state index >= 15 is 0 Å². The quantitative estimate of drug-likeness (QED) is 0.742. The molecule has 0 atom stereocenters. The summed E-state index contributed by atoms with van der Waals surface area (Å²) in [5.41, 5.74) is 7.03. The van der Waals surface area contributed by atoms with E-state index < -0.39 is 11.7 Å². The van der Waals surface area contributed by atoms with Crippen molar-refractivity contribution in [3.05, 3.63) is 64.6 Å². The van der Waals surface area contributed by atoms with Crippen molar-refractivity contribution in [1.29, 1.82) is 0 Å². The minimum absolute atomic E-state index is 0.0711. The van der Waals surface area contributed by atoms with Crippen LogP contribution in [-0.4, -0.2) is 21.3 Å². The Labute approximate surface area is 141 Å². The van der Waals surface area contributed by atoms with Crippen molar-refractivity contribution < 1.29 is 13.9 Å². The molecule has 0 saturated carbocycles. The second-order valence-corrected chi connectivity index (χ2v) is 5.34. The van der Waals surface area contributed by atoms with Gasteiger partial charge in [-0.2, -0.15) is 15.4 Å². The maximum atomic E-state index is 13.0. The monoisotopic (exact) mass is 346 g/mol. The van der Waals surface area contributed by atoms with Gasteiger partial charge in [0.15, 0.2) is 5.69 Å². The molecule has 1 aromatic heterocycles. The molecule has 1 heterocycles. The molecule has 6 nitrogen and oxygen atoms in total. The Balaban J connectivity index is 1.73. The first-order chi connectivity index (χ1) is 11.5. The van der Waals surface area contributed by atoms with Crippen molar-refractivity contribution in [2.24, 2.45) is 5.73 Å². The van der Waals surface area contributed by atoms with Gasteiger partial charge in [0.1, 0.15) is 23.9 Å². The first-order valence-corrected chi connectivity index (χ1v) is 7.30. The van der Waals surface area contributed by atoms with Gasteiger partial charge in [-0.15, -0.1) is 0 Å². The molecule has 2 aromatic carbocycles. The molecule has 0 spiro atoms. The molecule has 1 amide bonds. The van der Waals surface area contributed by atoms with Gasteiger partial charge in [0.25, 0.3) is 5.91 Å². The lowest BCUT2D eigenvalue weighted by Gasteiger charge is -2.08. The highest BCUT2D eigenvalue weighted by atomic mass is 35.5. The fraction of sp³-hybridized carbons (Fsp3) is 0.0625. The lowest BCUT2D eigenvalue weighted by Crippen LogP contribution is -2.12.